The van der Waals surface area contributed by atoms with Gasteiger partial charge in [-0.15, -0.1) is 10.2 Å². The molecule has 1 atom stereocenters. The van der Waals surface area contributed by atoms with Gasteiger partial charge in [0.15, 0.2) is 0 Å². The summed E-state index contributed by atoms with van der Waals surface area (Å²) in [6, 6.07) is 0.506. The van der Waals surface area contributed by atoms with Gasteiger partial charge in [0.25, 0.3) is 0 Å². The molecule has 1 aromatic heterocycles. The highest BCUT2D eigenvalue weighted by atomic mass is 35.5. The second kappa shape index (κ2) is 3.66. The molecule has 1 aliphatic heterocycles. The SMILES string of the molecule is Clc1nncn1C1CCCSC1. The second-order valence-corrected chi connectivity index (χ2v) is 4.37. The third-order valence-electron chi connectivity index (χ3n) is 2.06. The Morgan fingerprint density at radius 3 is 3.17 bits per heavy atom. The molecule has 0 amide bonds. The first-order valence-corrected chi connectivity index (χ1v) is 5.54. The van der Waals surface area contributed by atoms with E-state index in [1.165, 1.54) is 18.6 Å². The first-order chi connectivity index (χ1) is 5.88. The van der Waals surface area contributed by atoms with Crippen LogP contribution in [0.4, 0.5) is 0 Å². The van der Waals surface area contributed by atoms with Crippen LogP contribution in [0.1, 0.15) is 18.9 Å². The Labute approximate surface area is 80.5 Å². The molecule has 2 rings (SSSR count). The van der Waals surface area contributed by atoms with E-state index in [0.29, 0.717) is 11.3 Å². The molecular weight excluding hydrogens is 194 g/mol. The van der Waals surface area contributed by atoms with Crippen LogP contribution in [0.15, 0.2) is 6.33 Å². The van der Waals surface area contributed by atoms with Gasteiger partial charge < -0.3 is 4.57 Å². The minimum Gasteiger partial charge on any atom is -0.300 e. The smallest absolute Gasteiger partial charge is 0.225 e. The molecule has 1 aliphatic rings. The molecule has 0 aliphatic carbocycles. The third kappa shape index (κ3) is 1.59. The van der Waals surface area contributed by atoms with Gasteiger partial charge in [-0.25, -0.2) is 0 Å². The zero-order valence-electron chi connectivity index (χ0n) is 6.61. The highest BCUT2D eigenvalue weighted by molar-refractivity contribution is 7.99. The van der Waals surface area contributed by atoms with Gasteiger partial charge in [0.2, 0.25) is 5.28 Å². The maximum Gasteiger partial charge on any atom is 0.225 e. The Hall–Kier alpha value is -0.220. The van der Waals surface area contributed by atoms with Crippen molar-refractivity contribution in [3.05, 3.63) is 11.6 Å². The first-order valence-electron chi connectivity index (χ1n) is 4.00. The van der Waals surface area contributed by atoms with E-state index in [9.17, 15) is 0 Å². The van der Waals surface area contributed by atoms with Gasteiger partial charge in [-0.2, -0.15) is 11.8 Å². The lowest BCUT2D eigenvalue weighted by Crippen LogP contribution is -2.15. The number of nitrogens with zero attached hydrogens (tertiary/aromatic N) is 3. The van der Waals surface area contributed by atoms with Crippen molar-refractivity contribution >= 4 is 23.4 Å². The predicted molar refractivity (Wildman–Crippen MR) is 50.6 cm³/mol. The van der Waals surface area contributed by atoms with Gasteiger partial charge >= 0.3 is 0 Å². The monoisotopic (exact) mass is 203 g/mol. The maximum absolute atomic E-state index is 5.85. The molecule has 0 aromatic carbocycles. The van der Waals surface area contributed by atoms with Crippen molar-refractivity contribution < 1.29 is 0 Å². The fourth-order valence-electron chi connectivity index (χ4n) is 1.42. The average Bonchev–Trinajstić information content (AvgIpc) is 2.53. The molecule has 1 saturated heterocycles. The highest BCUT2D eigenvalue weighted by Gasteiger charge is 2.17. The Morgan fingerprint density at radius 2 is 2.58 bits per heavy atom. The average molecular weight is 204 g/mol. The van der Waals surface area contributed by atoms with Crippen molar-refractivity contribution in [3.63, 3.8) is 0 Å². The summed E-state index contributed by atoms with van der Waals surface area (Å²) >= 11 is 7.83. The zero-order valence-corrected chi connectivity index (χ0v) is 8.18. The van der Waals surface area contributed by atoms with Gasteiger partial charge in [-0.1, -0.05) is 0 Å². The number of hydrogen-bond donors (Lipinski definition) is 0. The Balaban J connectivity index is 2.13. The minimum atomic E-state index is 0.506. The van der Waals surface area contributed by atoms with Crippen molar-refractivity contribution in [1.29, 1.82) is 0 Å². The molecule has 66 valence electrons. The van der Waals surface area contributed by atoms with E-state index in [4.69, 9.17) is 11.6 Å². The lowest BCUT2D eigenvalue weighted by molar-refractivity contribution is 0.498. The van der Waals surface area contributed by atoms with Crippen LogP contribution >= 0.6 is 23.4 Å². The molecule has 12 heavy (non-hydrogen) atoms. The van der Waals surface area contributed by atoms with Crippen molar-refractivity contribution in [3.8, 4) is 0 Å². The van der Waals surface area contributed by atoms with E-state index in [1.54, 1.807) is 6.33 Å². The summed E-state index contributed by atoms with van der Waals surface area (Å²) in [4.78, 5) is 0. The van der Waals surface area contributed by atoms with Crippen molar-refractivity contribution in [2.45, 2.75) is 18.9 Å². The molecule has 1 fully saturated rings. The molecule has 3 nitrogen and oxygen atoms in total. The van der Waals surface area contributed by atoms with E-state index in [1.807, 2.05) is 16.3 Å². The summed E-state index contributed by atoms with van der Waals surface area (Å²) in [5.41, 5.74) is 0. The van der Waals surface area contributed by atoms with E-state index in [-0.39, 0.29) is 0 Å². The van der Waals surface area contributed by atoms with E-state index in [0.717, 1.165) is 5.75 Å². The molecule has 0 bridgehead atoms. The molecule has 0 N–H and O–H groups in total. The summed E-state index contributed by atoms with van der Waals surface area (Å²) in [5.74, 6) is 2.41. The zero-order chi connectivity index (χ0) is 8.39. The minimum absolute atomic E-state index is 0.506. The van der Waals surface area contributed by atoms with Crippen LogP contribution in [0.5, 0.6) is 0 Å². The van der Waals surface area contributed by atoms with Crippen LogP contribution in [0.3, 0.4) is 0 Å². The van der Waals surface area contributed by atoms with E-state index < -0.39 is 0 Å². The van der Waals surface area contributed by atoms with Gasteiger partial charge in [0.1, 0.15) is 6.33 Å². The quantitative estimate of drug-likeness (QED) is 0.700. The second-order valence-electron chi connectivity index (χ2n) is 2.88. The predicted octanol–water partition coefficient (Wildman–Crippen LogP) is 2.00. The molecule has 1 unspecified atom stereocenters. The third-order valence-corrected chi connectivity index (χ3v) is 3.53. The summed E-state index contributed by atoms with van der Waals surface area (Å²) in [7, 11) is 0. The van der Waals surface area contributed by atoms with Crippen molar-refractivity contribution in [1.82, 2.24) is 14.8 Å². The van der Waals surface area contributed by atoms with Crippen molar-refractivity contribution in [2.24, 2.45) is 0 Å². The highest BCUT2D eigenvalue weighted by Crippen LogP contribution is 2.28. The normalized spacial score (nSPS) is 24.2. The summed E-state index contributed by atoms with van der Waals surface area (Å²) < 4.78 is 1.97. The molecular formula is C7H10ClN3S. The summed E-state index contributed by atoms with van der Waals surface area (Å²) in [6.07, 6.45) is 4.19. The van der Waals surface area contributed by atoms with Crippen LogP contribution in [0.25, 0.3) is 0 Å². The first kappa shape index (κ1) is 8.38. The van der Waals surface area contributed by atoms with Crippen molar-refractivity contribution in [2.75, 3.05) is 11.5 Å². The van der Waals surface area contributed by atoms with Crippen LogP contribution in [0.2, 0.25) is 5.28 Å². The fourth-order valence-corrected chi connectivity index (χ4v) is 2.78. The lowest BCUT2D eigenvalue weighted by atomic mass is 10.2. The van der Waals surface area contributed by atoms with Crippen LogP contribution < -0.4 is 0 Å². The van der Waals surface area contributed by atoms with Crippen LogP contribution in [0, 0.1) is 0 Å². The van der Waals surface area contributed by atoms with Gasteiger partial charge in [0, 0.05) is 11.8 Å². The summed E-state index contributed by atoms with van der Waals surface area (Å²) in [5, 5.41) is 8.05. The Bertz CT molecular complexity index is 257. The topological polar surface area (TPSA) is 30.7 Å². The largest absolute Gasteiger partial charge is 0.300 e. The molecule has 5 heteroatoms. The van der Waals surface area contributed by atoms with Crippen LogP contribution in [-0.4, -0.2) is 26.3 Å². The fraction of sp³-hybridized carbons (Fsp3) is 0.714. The van der Waals surface area contributed by atoms with Crippen LogP contribution in [-0.2, 0) is 0 Å². The molecule has 0 spiro atoms. The number of rotatable bonds is 1. The van der Waals surface area contributed by atoms with E-state index >= 15 is 0 Å². The lowest BCUT2D eigenvalue weighted by Gasteiger charge is -2.22. The van der Waals surface area contributed by atoms with Gasteiger partial charge in [0.05, 0.1) is 0 Å². The van der Waals surface area contributed by atoms with Gasteiger partial charge in [-0.3, -0.25) is 0 Å². The number of halogens is 1. The number of aromatic nitrogens is 3. The van der Waals surface area contributed by atoms with E-state index in [2.05, 4.69) is 10.2 Å². The maximum atomic E-state index is 5.85. The standard InChI is InChI=1S/C7H10ClN3S/c8-7-10-9-5-11(7)6-2-1-3-12-4-6/h5-6H,1-4H2. The summed E-state index contributed by atoms with van der Waals surface area (Å²) in [6.45, 7) is 0. The van der Waals surface area contributed by atoms with Gasteiger partial charge in [-0.05, 0) is 30.2 Å². The number of thioether (sulfide) groups is 1. The molecule has 1 aromatic rings. The Kier molecular flexibility index (Phi) is 2.56. The molecule has 2 heterocycles. The molecule has 0 saturated carbocycles. The number of hydrogen-bond acceptors (Lipinski definition) is 3. The molecule has 0 radical (unpaired) electrons. The Morgan fingerprint density at radius 1 is 1.67 bits per heavy atom.